The van der Waals surface area contributed by atoms with Gasteiger partial charge in [-0.2, -0.15) is 0 Å². The highest BCUT2D eigenvalue weighted by atomic mass is 35.5. The van der Waals surface area contributed by atoms with Crippen LogP contribution >= 0.6 is 11.6 Å². The monoisotopic (exact) mass is 549 g/mol. The van der Waals surface area contributed by atoms with Gasteiger partial charge in [0.2, 0.25) is 10.0 Å². The highest BCUT2D eigenvalue weighted by Crippen LogP contribution is 2.43. The summed E-state index contributed by atoms with van der Waals surface area (Å²) in [5.41, 5.74) is 1.06. The van der Waals surface area contributed by atoms with Crippen molar-refractivity contribution in [3.05, 3.63) is 52.8 Å². The number of carbonyl (C=O) groups is 1. The number of hydrogen-bond acceptors (Lipinski definition) is 5. The van der Waals surface area contributed by atoms with E-state index >= 15 is 0 Å². The Hall–Kier alpha value is -2.36. The Bertz CT molecular complexity index is 1270. The summed E-state index contributed by atoms with van der Waals surface area (Å²) in [6.45, 7) is 3.33. The zero-order valence-electron chi connectivity index (χ0n) is 21.2. The summed E-state index contributed by atoms with van der Waals surface area (Å²) < 4.78 is 47.8. The van der Waals surface area contributed by atoms with Crippen LogP contribution in [-0.4, -0.2) is 68.4 Å². The molecule has 0 aromatic heterocycles. The van der Waals surface area contributed by atoms with E-state index in [0.717, 1.165) is 50.3 Å². The second-order valence-corrected chi connectivity index (χ2v) is 12.7. The SMILES string of the molecule is CCCN(C)S(=O)(=O)c1ccc(OC2CCC2)c(N2[C@@H]3CC[C@H]2CN(C(=O)c2ccc(F)cc2Cl)C3)c1. The number of rotatable bonds is 8. The molecule has 3 fully saturated rings. The van der Waals surface area contributed by atoms with Crippen molar-refractivity contribution in [2.45, 2.75) is 68.5 Å². The molecule has 5 rings (SSSR count). The van der Waals surface area contributed by atoms with Gasteiger partial charge in [-0.15, -0.1) is 0 Å². The fourth-order valence-electron chi connectivity index (χ4n) is 5.54. The molecule has 1 saturated carbocycles. The van der Waals surface area contributed by atoms with Crippen LogP contribution in [0.5, 0.6) is 5.75 Å². The lowest BCUT2D eigenvalue weighted by atomic mass is 9.96. The van der Waals surface area contributed by atoms with Crippen LogP contribution in [0.3, 0.4) is 0 Å². The van der Waals surface area contributed by atoms with Gasteiger partial charge in [-0.1, -0.05) is 18.5 Å². The Kier molecular flexibility index (Phi) is 7.40. The van der Waals surface area contributed by atoms with Crippen LogP contribution in [0.15, 0.2) is 41.3 Å². The van der Waals surface area contributed by atoms with E-state index in [1.807, 2.05) is 6.92 Å². The van der Waals surface area contributed by atoms with E-state index in [4.69, 9.17) is 16.3 Å². The first-order chi connectivity index (χ1) is 17.7. The maximum absolute atomic E-state index is 13.5. The highest BCUT2D eigenvalue weighted by Gasteiger charge is 2.43. The fraction of sp³-hybridized carbons (Fsp3) is 0.519. The molecule has 2 aliphatic heterocycles. The number of benzene rings is 2. The quantitative estimate of drug-likeness (QED) is 0.467. The molecular formula is C27H33ClFN3O4S. The molecule has 2 aromatic rings. The van der Waals surface area contributed by atoms with Crippen molar-refractivity contribution in [3.8, 4) is 5.75 Å². The third-order valence-corrected chi connectivity index (χ3v) is 9.90. The lowest BCUT2D eigenvalue weighted by Crippen LogP contribution is -2.55. The first-order valence-corrected chi connectivity index (χ1v) is 14.8. The van der Waals surface area contributed by atoms with E-state index < -0.39 is 15.8 Å². The molecule has 200 valence electrons. The van der Waals surface area contributed by atoms with Crippen LogP contribution in [0.2, 0.25) is 5.02 Å². The van der Waals surface area contributed by atoms with Gasteiger partial charge in [0.15, 0.2) is 0 Å². The lowest BCUT2D eigenvalue weighted by molar-refractivity contribution is 0.0717. The molecule has 7 nitrogen and oxygen atoms in total. The van der Waals surface area contributed by atoms with Gasteiger partial charge in [0, 0.05) is 38.8 Å². The summed E-state index contributed by atoms with van der Waals surface area (Å²) in [6.07, 6.45) is 5.74. The van der Waals surface area contributed by atoms with Crippen LogP contribution in [0.4, 0.5) is 10.1 Å². The standard InChI is InChI=1S/C27H33ClFN3O4S/c1-3-13-30(2)37(34,35)22-10-12-26(36-21-5-4-6-21)25(15-22)32-19-8-9-20(32)17-31(16-19)27(33)23-11-7-18(29)14-24(23)28/h7,10-12,14-15,19-21H,3-6,8-9,13,16-17H2,1-2H3/t19-,20+. The van der Waals surface area contributed by atoms with Crippen molar-refractivity contribution in [1.82, 2.24) is 9.21 Å². The minimum atomic E-state index is -3.64. The van der Waals surface area contributed by atoms with Gasteiger partial charge in [-0.25, -0.2) is 17.1 Å². The molecule has 0 N–H and O–H groups in total. The van der Waals surface area contributed by atoms with Crippen molar-refractivity contribution < 1.29 is 22.3 Å². The van der Waals surface area contributed by atoms with Crippen LogP contribution in [0.25, 0.3) is 0 Å². The average molecular weight is 550 g/mol. The van der Waals surface area contributed by atoms with Gasteiger partial charge in [0.1, 0.15) is 11.6 Å². The number of anilines is 1. The van der Waals surface area contributed by atoms with E-state index in [9.17, 15) is 17.6 Å². The first kappa shape index (κ1) is 26.3. The molecular weight excluding hydrogens is 517 g/mol. The normalized spacial score (nSPS) is 21.9. The molecule has 37 heavy (non-hydrogen) atoms. The summed E-state index contributed by atoms with van der Waals surface area (Å²) in [6, 6.07) is 9.02. The van der Waals surface area contributed by atoms with Crippen molar-refractivity contribution in [3.63, 3.8) is 0 Å². The largest absolute Gasteiger partial charge is 0.488 e. The van der Waals surface area contributed by atoms with Gasteiger partial charge in [-0.3, -0.25) is 4.79 Å². The first-order valence-electron chi connectivity index (χ1n) is 13.0. The summed E-state index contributed by atoms with van der Waals surface area (Å²) in [5.74, 6) is -0.00472. The number of likely N-dealkylation sites (tertiary alicyclic amines) is 1. The zero-order valence-corrected chi connectivity index (χ0v) is 22.8. The predicted molar refractivity (Wildman–Crippen MR) is 141 cm³/mol. The number of amides is 1. The molecule has 2 heterocycles. The molecule has 2 aromatic carbocycles. The van der Waals surface area contributed by atoms with Gasteiger partial charge in [-0.05, 0) is 74.9 Å². The molecule has 0 unspecified atom stereocenters. The highest BCUT2D eigenvalue weighted by molar-refractivity contribution is 7.89. The summed E-state index contributed by atoms with van der Waals surface area (Å²) in [7, 11) is -2.04. The summed E-state index contributed by atoms with van der Waals surface area (Å²) >= 11 is 6.18. The Morgan fingerprint density at radius 3 is 2.41 bits per heavy atom. The van der Waals surface area contributed by atoms with Gasteiger partial charge >= 0.3 is 0 Å². The molecule has 10 heteroatoms. The van der Waals surface area contributed by atoms with E-state index in [1.165, 1.54) is 16.4 Å². The molecule has 2 bridgehead atoms. The molecule has 3 aliphatic rings. The van der Waals surface area contributed by atoms with E-state index in [-0.39, 0.29) is 39.6 Å². The number of hydrogen-bond donors (Lipinski definition) is 0. The topological polar surface area (TPSA) is 70.2 Å². The Labute approximate surface area is 223 Å². The Balaban J connectivity index is 1.45. The van der Waals surface area contributed by atoms with Crippen molar-refractivity contribution >= 4 is 33.2 Å². The van der Waals surface area contributed by atoms with Crippen LogP contribution in [0.1, 0.15) is 55.8 Å². The van der Waals surface area contributed by atoms with Crippen molar-refractivity contribution in [2.75, 3.05) is 31.6 Å². The average Bonchev–Trinajstić information content (AvgIpc) is 3.09. The zero-order chi connectivity index (χ0) is 26.3. The van der Waals surface area contributed by atoms with Crippen LogP contribution < -0.4 is 9.64 Å². The Morgan fingerprint density at radius 1 is 1.11 bits per heavy atom. The summed E-state index contributed by atoms with van der Waals surface area (Å²) in [4.78, 5) is 17.5. The van der Waals surface area contributed by atoms with E-state index in [2.05, 4.69) is 4.90 Å². The molecule has 1 aliphatic carbocycles. The van der Waals surface area contributed by atoms with Crippen molar-refractivity contribution in [2.24, 2.45) is 0 Å². The number of fused-ring (bicyclic) bond motifs is 2. The summed E-state index contributed by atoms with van der Waals surface area (Å²) in [5, 5.41) is 0.102. The number of halogens is 2. The molecule has 2 atom stereocenters. The Morgan fingerprint density at radius 2 is 1.81 bits per heavy atom. The number of sulfonamides is 1. The smallest absolute Gasteiger partial charge is 0.255 e. The number of piperazine rings is 1. The van der Waals surface area contributed by atoms with Gasteiger partial charge < -0.3 is 14.5 Å². The maximum atomic E-state index is 13.5. The van der Waals surface area contributed by atoms with E-state index in [0.29, 0.717) is 25.4 Å². The predicted octanol–water partition coefficient (Wildman–Crippen LogP) is 4.93. The molecule has 0 spiro atoms. The second kappa shape index (κ2) is 10.4. The van der Waals surface area contributed by atoms with Crippen LogP contribution in [0, 0.1) is 5.82 Å². The third kappa shape index (κ3) is 5.05. The maximum Gasteiger partial charge on any atom is 0.255 e. The second-order valence-electron chi connectivity index (χ2n) is 10.3. The van der Waals surface area contributed by atoms with Gasteiger partial charge in [0.25, 0.3) is 5.91 Å². The minimum absolute atomic E-state index is 0.0111. The van der Waals surface area contributed by atoms with E-state index in [1.54, 1.807) is 30.1 Å². The molecule has 1 amide bonds. The number of ether oxygens (including phenoxy) is 1. The lowest BCUT2D eigenvalue weighted by Gasteiger charge is -2.43. The molecule has 2 saturated heterocycles. The number of nitrogens with zero attached hydrogens (tertiary/aromatic N) is 3. The minimum Gasteiger partial charge on any atom is -0.488 e. The third-order valence-electron chi connectivity index (χ3n) is 7.73. The fourth-order valence-corrected chi connectivity index (χ4v) is 7.07. The van der Waals surface area contributed by atoms with Gasteiger partial charge in [0.05, 0.1) is 27.3 Å². The number of carbonyl (C=O) groups excluding carboxylic acids is 1. The molecule has 0 radical (unpaired) electrons. The van der Waals surface area contributed by atoms with Crippen molar-refractivity contribution in [1.29, 1.82) is 0 Å². The van der Waals surface area contributed by atoms with Crippen LogP contribution in [-0.2, 0) is 10.0 Å².